The average Bonchev–Trinajstić information content (AvgIpc) is 2.95. The summed E-state index contributed by atoms with van der Waals surface area (Å²) >= 11 is 0. The summed E-state index contributed by atoms with van der Waals surface area (Å²) in [4.78, 5) is 18.2. The molecule has 1 amide bonds. The summed E-state index contributed by atoms with van der Waals surface area (Å²) in [5.74, 6) is -0.123. The number of amides is 1. The molecule has 0 saturated carbocycles. The van der Waals surface area contributed by atoms with Crippen LogP contribution in [0.5, 0.6) is 0 Å². The number of nitrogens with zero attached hydrogens (tertiary/aromatic N) is 4. The Morgan fingerprint density at radius 1 is 1.11 bits per heavy atom. The quantitative estimate of drug-likeness (QED) is 0.701. The summed E-state index contributed by atoms with van der Waals surface area (Å²) in [5.41, 5.74) is 1.98. The number of rotatable bonds is 2. The summed E-state index contributed by atoms with van der Waals surface area (Å²) in [5, 5.41) is 4.12. The van der Waals surface area contributed by atoms with Gasteiger partial charge in [0.2, 0.25) is 0 Å². The van der Waals surface area contributed by atoms with E-state index in [1.165, 1.54) is 0 Å². The van der Waals surface area contributed by atoms with Gasteiger partial charge in [0.1, 0.15) is 5.69 Å². The van der Waals surface area contributed by atoms with Crippen LogP contribution < -0.4 is 4.90 Å². The Kier molecular flexibility index (Phi) is 2.72. The van der Waals surface area contributed by atoms with Crippen molar-refractivity contribution in [3.63, 3.8) is 0 Å². The number of aromatic nitrogens is 3. The third-order valence-electron chi connectivity index (χ3n) is 2.96. The normalized spacial score (nSPS) is 10.6. The Morgan fingerprint density at radius 3 is 2.68 bits per heavy atom. The zero-order chi connectivity index (χ0) is 13.2. The third-order valence-corrected chi connectivity index (χ3v) is 2.96. The molecule has 94 valence electrons. The Hall–Kier alpha value is -2.69. The van der Waals surface area contributed by atoms with Gasteiger partial charge in [-0.05, 0) is 18.2 Å². The van der Waals surface area contributed by atoms with Crippen LogP contribution in [0.15, 0.2) is 54.9 Å². The van der Waals surface area contributed by atoms with Crippen molar-refractivity contribution in [1.29, 1.82) is 0 Å². The van der Waals surface area contributed by atoms with Crippen LogP contribution in [-0.4, -0.2) is 27.6 Å². The molecule has 0 fully saturated rings. The monoisotopic (exact) mass is 252 g/mol. The Morgan fingerprint density at radius 2 is 1.89 bits per heavy atom. The van der Waals surface area contributed by atoms with E-state index in [0.29, 0.717) is 11.3 Å². The maximum absolute atomic E-state index is 12.5. The maximum Gasteiger partial charge on any atom is 0.276 e. The standard InChI is InChI=1S/C14H12N4O/c1-17(11-5-3-2-4-6-11)14(19)12-7-9-15-13-8-10-16-18(12)13/h2-10H,1H3. The molecular weight excluding hydrogens is 240 g/mol. The van der Waals surface area contributed by atoms with Crippen molar-refractivity contribution in [2.75, 3.05) is 11.9 Å². The molecule has 2 aromatic heterocycles. The Labute approximate surface area is 110 Å². The van der Waals surface area contributed by atoms with Gasteiger partial charge in [-0.1, -0.05) is 18.2 Å². The largest absolute Gasteiger partial charge is 0.310 e. The lowest BCUT2D eigenvalue weighted by atomic mass is 10.2. The van der Waals surface area contributed by atoms with Gasteiger partial charge in [-0.15, -0.1) is 0 Å². The minimum Gasteiger partial charge on any atom is -0.310 e. The Bertz CT molecular complexity index is 720. The molecule has 0 radical (unpaired) electrons. The predicted octanol–water partition coefficient (Wildman–Crippen LogP) is 2.01. The van der Waals surface area contributed by atoms with Crippen molar-refractivity contribution < 1.29 is 4.79 Å². The molecule has 5 nitrogen and oxygen atoms in total. The second kappa shape index (κ2) is 4.53. The second-order valence-corrected chi connectivity index (χ2v) is 4.13. The van der Waals surface area contributed by atoms with Gasteiger partial charge in [0.05, 0.1) is 6.20 Å². The molecule has 19 heavy (non-hydrogen) atoms. The Balaban J connectivity index is 2.02. The number of para-hydroxylation sites is 1. The van der Waals surface area contributed by atoms with E-state index in [0.717, 1.165) is 5.69 Å². The number of benzene rings is 1. The zero-order valence-electron chi connectivity index (χ0n) is 10.4. The molecule has 3 rings (SSSR count). The molecule has 0 aliphatic heterocycles. The predicted molar refractivity (Wildman–Crippen MR) is 72.2 cm³/mol. The van der Waals surface area contributed by atoms with E-state index in [-0.39, 0.29) is 5.91 Å². The van der Waals surface area contributed by atoms with Gasteiger partial charge in [-0.2, -0.15) is 5.10 Å². The van der Waals surface area contributed by atoms with E-state index in [1.807, 2.05) is 30.3 Å². The molecule has 0 saturated heterocycles. The number of carbonyl (C=O) groups excluding carboxylic acids is 1. The van der Waals surface area contributed by atoms with Crippen LogP contribution in [0.2, 0.25) is 0 Å². The van der Waals surface area contributed by atoms with Crippen molar-refractivity contribution in [3.8, 4) is 0 Å². The first-order chi connectivity index (χ1) is 9.27. The summed E-state index contributed by atoms with van der Waals surface area (Å²) in [7, 11) is 1.74. The topological polar surface area (TPSA) is 50.5 Å². The van der Waals surface area contributed by atoms with Crippen LogP contribution in [0.1, 0.15) is 10.5 Å². The van der Waals surface area contributed by atoms with E-state index in [9.17, 15) is 4.79 Å². The fourth-order valence-electron chi connectivity index (χ4n) is 1.94. The van der Waals surface area contributed by atoms with Crippen LogP contribution in [0, 0.1) is 0 Å². The lowest BCUT2D eigenvalue weighted by Crippen LogP contribution is -2.28. The van der Waals surface area contributed by atoms with E-state index >= 15 is 0 Å². The van der Waals surface area contributed by atoms with Crippen molar-refractivity contribution >= 4 is 17.2 Å². The summed E-state index contributed by atoms with van der Waals surface area (Å²) in [6, 6.07) is 12.9. The molecule has 0 aliphatic carbocycles. The SMILES string of the molecule is CN(C(=O)c1ccnc2ccnn12)c1ccccc1. The molecule has 0 spiro atoms. The van der Waals surface area contributed by atoms with E-state index in [1.54, 1.807) is 41.0 Å². The maximum atomic E-state index is 12.5. The van der Waals surface area contributed by atoms with Gasteiger partial charge in [-0.3, -0.25) is 4.79 Å². The number of anilines is 1. The fraction of sp³-hybridized carbons (Fsp3) is 0.0714. The van der Waals surface area contributed by atoms with Gasteiger partial charge in [-0.25, -0.2) is 9.50 Å². The highest BCUT2D eigenvalue weighted by molar-refractivity contribution is 6.04. The number of fused-ring (bicyclic) bond motifs is 1. The van der Waals surface area contributed by atoms with Gasteiger partial charge in [0.15, 0.2) is 5.65 Å². The lowest BCUT2D eigenvalue weighted by Gasteiger charge is -2.17. The van der Waals surface area contributed by atoms with E-state index in [2.05, 4.69) is 10.1 Å². The zero-order valence-corrected chi connectivity index (χ0v) is 10.4. The molecule has 0 N–H and O–H groups in total. The van der Waals surface area contributed by atoms with Gasteiger partial charge >= 0.3 is 0 Å². The van der Waals surface area contributed by atoms with Gasteiger partial charge < -0.3 is 4.90 Å². The molecule has 5 heteroatoms. The van der Waals surface area contributed by atoms with Crippen molar-refractivity contribution in [3.05, 3.63) is 60.6 Å². The van der Waals surface area contributed by atoms with Crippen LogP contribution >= 0.6 is 0 Å². The highest BCUT2D eigenvalue weighted by Crippen LogP contribution is 2.14. The van der Waals surface area contributed by atoms with Crippen LogP contribution in [0.4, 0.5) is 5.69 Å². The summed E-state index contributed by atoms with van der Waals surface area (Å²) < 4.78 is 1.54. The average molecular weight is 252 g/mol. The van der Waals surface area contributed by atoms with Crippen molar-refractivity contribution in [2.45, 2.75) is 0 Å². The molecule has 2 heterocycles. The minimum absolute atomic E-state index is 0.123. The third kappa shape index (κ3) is 1.95. The first-order valence-corrected chi connectivity index (χ1v) is 5.89. The lowest BCUT2D eigenvalue weighted by molar-refractivity contribution is 0.0986. The molecule has 0 atom stereocenters. The molecule has 3 aromatic rings. The van der Waals surface area contributed by atoms with Crippen LogP contribution in [0.25, 0.3) is 5.65 Å². The molecule has 0 unspecified atom stereocenters. The molecule has 0 bridgehead atoms. The summed E-state index contributed by atoms with van der Waals surface area (Å²) in [6.07, 6.45) is 3.24. The smallest absolute Gasteiger partial charge is 0.276 e. The van der Waals surface area contributed by atoms with Crippen molar-refractivity contribution in [2.24, 2.45) is 0 Å². The number of hydrogen-bond donors (Lipinski definition) is 0. The number of hydrogen-bond acceptors (Lipinski definition) is 3. The van der Waals surface area contributed by atoms with E-state index in [4.69, 9.17) is 0 Å². The minimum atomic E-state index is -0.123. The van der Waals surface area contributed by atoms with Gasteiger partial charge in [0, 0.05) is 25.0 Å². The van der Waals surface area contributed by atoms with E-state index < -0.39 is 0 Å². The molecular formula is C14H12N4O. The second-order valence-electron chi connectivity index (χ2n) is 4.13. The summed E-state index contributed by atoms with van der Waals surface area (Å²) in [6.45, 7) is 0. The highest BCUT2D eigenvalue weighted by atomic mass is 16.2. The van der Waals surface area contributed by atoms with Gasteiger partial charge in [0.25, 0.3) is 5.91 Å². The van der Waals surface area contributed by atoms with Crippen molar-refractivity contribution in [1.82, 2.24) is 14.6 Å². The fourth-order valence-corrected chi connectivity index (χ4v) is 1.94. The first kappa shape index (κ1) is 11.4. The van der Waals surface area contributed by atoms with Crippen LogP contribution in [-0.2, 0) is 0 Å². The van der Waals surface area contributed by atoms with Crippen LogP contribution in [0.3, 0.4) is 0 Å². The molecule has 1 aromatic carbocycles. The number of carbonyl (C=O) groups is 1. The molecule has 0 aliphatic rings. The highest BCUT2D eigenvalue weighted by Gasteiger charge is 2.16. The first-order valence-electron chi connectivity index (χ1n) is 5.89.